The Balaban J connectivity index is 1.61. The van der Waals surface area contributed by atoms with Crippen LogP contribution in [-0.4, -0.2) is 54.7 Å². The Morgan fingerprint density at radius 1 is 1.19 bits per heavy atom. The summed E-state index contributed by atoms with van der Waals surface area (Å²) in [6.45, 7) is 10.5. The van der Waals surface area contributed by atoms with E-state index in [1.54, 1.807) is 0 Å². The number of ether oxygens (including phenoxy) is 1. The van der Waals surface area contributed by atoms with Crippen molar-refractivity contribution >= 4 is 5.91 Å². The molecule has 0 saturated carbocycles. The van der Waals surface area contributed by atoms with Crippen LogP contribution in [0.4, 0.5) is 0 Å². The SMILES string of the molecule is CCc1nc(-c2ccc(C(=O)N[C@H](C)CN3CCOCC3)cc2)ccc1C. The first-order chi connectivity index (χ1) is 13.1. The Labute approximate surface area is 161 Å². The van der Waals surface area contributed by atoms with Gasteiger partial charge in [0, 0.05) is 42.5 Å². The second kappa shape index (κ2) is 9.11. The fraction of sp³-hybridized carbons (Fsp3) is 0.455. The van der Waals surface area contributed by atoms with Crippen molar-refractivity contribution in [1.82, 2.24) is 15.2 Å². The molecule has 0 spiro atoms. The molecule has 1 saturated heterocycles. The molecular formula is C22H29N3O2. The van der Waals surface area contributed by atoms with Gasteiger partial charge in [0.2, 0.25) is 0 Å². The normalized spacial score (nSPS) is 16.1. The summed E-state index contributed by atoms with van der Waals surface area (Å²) in [5.74, 6) is -0.0339. The number of aryl methyl sites for hydroxylation is 2. The minimum absolute atomic E-state index is 0.0339. The monoisotopic (exact) mass is 367 g/mol. The van der Waals surface area contributed by atoms with Gasteiger partial charge >= 0.3 is 0 Å². The Hall–Kier alpha value is -2.24. The number of carbonyl (C=O) groups is 1. The van der Waals surface area contributed by atoms with E-state index in [1.807, 2.05) is 37.3 Å². The third-order valence-corrected chi connectivity index (χ3v) is 4.99. The van der Waals surface area contributed by atoms with Crippen molar-refractivity contribution in [2.75, 3.05) is 32.8 Å². The summed E-state index contributed by atoms with van der Waals surface area (Å²) in [6, 6.07) is 11.9. The number of pyridine rings is 1. The molecule has 1 aromatic heterocycles. The highest BCUT2D eigenvalue weighted by Crippen LogP contribution is 2.20. The second-order valence-electron chi connectivity index (χ2n) is 7.18. The van der Waals surface area contributed by atoms with Gasteiger partial charge < -0.3 is 10.1 Å². The maximum atomic E-state index is 12.5. The molecule has 0 unspecified atom stereocenters. The Morgan fingerprint density at radius 2 is 1.89 bits per heavy atom. The van der Waals surface area contributed by atoms with Crippen LogP contribution in [0.1, 0.15) is 35.5 Å². The maximum absolute atomic E-state index is 12.5. The number of hydrogen-bond donors (Lipinski definition) is 1. The van der Waals surface area contributed by atoms with Crippen molar-refractivity contribution in [1.29, 1.82) is 0 Å². The van der Waals surface area contributed by atoms with E-state index in [4.69, 9.17) is 9.72 Å². The summed E-state index contributed by atoms with van der Waals surface area (Å²) in [7, 11) is 0. The molecule has 1 aliphatic heterocycles. The van der Waals surface area contributed by atoms with Gasteiger partial charge in [-0.05, 0) is 44.0 Å². The lowest BCUT2D eigenvalue weighted by Gasteiger charge is -2.29. The molecule has 1 amide bonds. The molecule has 1 aliphatic rings. The zero-order valence-electron chi connectivity index (χ0n) is 16.5. The van der Waals surface area contributed by atoms with Crippen LogP contribution in [0.3, 0.4) is 0 Å². The molecule has 1 N–H and O–H groups in total. The molecule has 27 heavy (non-hydrogen) atoms. The van der Waals surface area contributed by atoms with Crippen molar-refractivity contribution in [2.24, 2.45) is 0 Å². The Bertz CT molecular complexity index is 768. The molecule has 3 rings (SSSR count). The zero-order valence-corrected chi connectivity index (χ0v) is 16.5. The highest BCUT2D eigenvalue weighted by atomic mass is 16.5. The van der Waals surface area contributed by atoms with E-state index in [-0.39, 0.29) is 11.9 Å². The highest BCUT2D eigenvalue weighted by Gasteiger charge is 2.16. The molecule has 5 heteroatoms. The standard InChI is InChI=1S/C22H29N3O2/c1-4-20-16(2)5-10-21(24-20)18-6-8-19(9-7-18)22(26)23-17(3)15-25-11-13-27-14-12-25/h5-10,17H,4,11-15H2,1-3H3,(H,23,26)/t17-/m1/s1. The lowest BCUT2D eigenvalue weighted by molar-refractivity contribution is 0.0342. The molecule has 0 aliphatic carbocycles. The third-order valence-electron chi connectivity index (χ3n) is 4.99. The minimum Gasteiger partial charge on any atom is -0.379 e. The molecule has 1 atom stereocenters. The van der Waals surface area contributed by atoms with Crippen LogP contribution in [-0.2, 0) is 11.2 Å². The van der Waals surface area contributed by atoms with E-state index in [9.17, 15) is 4.79 Å². The lowest BCUT2D eigenvalue weighted by atomic mass is 10.1. The molecule has 2 heterocycles. The molecular weight excluding hydrogens is 338 g/mol. The van der Waals surface area contributed by atoms with E-state index in [0.29, 0.717) is 5.56 Å². The van der Waals surface area contributed by atoms with E-state index in [1.165, 1.54) is 5.56 Å². The van der Waals surface area contributed by atoms with Crippen molar-refractivity contribution in [3.8, 4) is 11.3 Å². The zero-order chi connectivity index (χ0) is 19.2. The number of morpholine rings is 1. The van der Waals surface area contributed by atoms with Gasteiger partial charge in [-0.15, -0.1) is 0 Å². The van der Waals surface area contributed by atoms with Gasteiger partial charge in [-0.2, -0.15) is 0 Å². The first-order valence-corrected chi connectivity index (χ1v) is 9.74. The lowest BCUT2D eigenvalue weighted by Crippen LogP contribution is -2.46. The average Bonchev–Trinajstić information content (AvgIpc) is 2.69. The number of amides is 1. The van der Waals surface area contributed by atoms with Crippen LogP contribution in [0.2, 0.25) is 0 Å². The summed E-state index contributed by atoms with van der Waals surface area (Å²) in [4.78, 5) is 19.6. The van der Waals surface area contributed by atoms with Crippen LogP contribution in [0.25, 0.3) is 11.3 Å². The van der Waals surface area contributed by atoms with Gasteiger partial charge in [-0.1, -0.05) is 25.1 Å². The number of hydrogen-bond acceptors (Lipinski definition) is 4. The maximum Gasteiger partial charge on any atom is 0.251 e. The largest absolute Gasteiger partial charge is 0.379 e. The predicted molar refractivity (Wildman–Crippen MR) is 108 cm³/mol. The number of nitrogens with one attached hydrogen (secondary N) is 1. The van der Waals surface area contributed by atoms with Crippen LogP contribution in [0.5, 0.6) is 0 Å². The number of aromatic nitrogens is 1. The van der Waals surface area contributed by atoms with Gasteiger partial charge in [0.15, 0.2) is 0 Å². The molecule has 5 nitrogen and oxygen atoms in total. The molecule has 2 aromatic rings. The molecule has 144 valence electrons. The van der Waals surface area contributed by atoms with Gasteiger partial charge in [-0.3, -0.25) is 14.7 Å². The number of benzene rings is 1. The van der Waals surface area contributed by atoms with Crippen LogP contribution >= 0.6 is 0 Å². The van der Waals surface area contributed by atoms with E-state index >= 15 is 0 Å². The van der Waals surface area contributed by atoms with Crippen LogP contribution < -0.4 is 5.32 Å². The molecule has 1 aromatic carbocycles. The van der Waals surface area contributed by atoms with Gasteiger partial charge in [0.05, 0.1) is 18.9 Å². The molecule has 1 fully saturated rings. The number of nitrogens with zero attached hydrogens (tertiary/aromatic N) is 2. The Kier molecular flexibility index (Phi) is 6.58. The highest BCUT2D eigenvalue weighted by molar-refractivity contribution is 5.94. The van der Waals surface area contributed by atoms with Gasteiger partial charge in [0.25, 0.3) is 5.91 Å². The van der Waals surface area contributed by atoms with E-state index in [0.717, 1.165) is 56.2 Å². The number of rotatable bonds is 6. The van der Waals surface area contributed by atoms with Crippen molar-refractivity contribution in [3.05, 3.63) is 53.2 Å². The average molecular weight is 367 g/mol. The number of carbonyl (C=O) groups excluding carboxylic acids is 1. The van der Waals surface area contributed by atoms with Crippen LogP contribution in [0.15, 0.2) is 36.4 Å². The van der Waals surface area contributed by atoms with E-state index in [2.05, 4.69) is 30.1 Å². The van der Waals surface area contributed by atoms with Gasteiger partial charge in [-0.25, -0.2) is 0 Å². The predicted octanol–water partition coefficient (Wildman–Crippen LogP) is 3.07. The van der Waals surface area contributed by atoms with Gasteiger partial charge in [0.1, 0.15) is 0 Å². The Morgan fingerprint density at radius 3 is 2.56 bits per heavy atom. The summed E-state index contributed by atoms with van der Waals surface area (Å²) in [5, 5.41) is 3.09. The first-order valence-electron chi connectivity index (χ1n) is 9.74. The quantitative estimate of drug-likeness (QED) is 0.853. The summed E-state index contributed by atoms with van der Waals surface area (Å²) in [5.41, 5.74) is 4.99. The summed E-state index contributed by atoms with van der Waals surface area (Å²) in [6.07, 6.45) is 0.918. The van der Waals surface area contributed by atoms with Crippen LogP contribution in [0, 0.1) is 6.92 Å². The molecule has 0 bridgehead atoms. The fourth-order valence-electron chi connectivity index (χ4n) is 3.41. The smallest absolute Gasteiger partial charge is 0.251 e. The van der Waals surface area contributed by atoms with E-state index < -0.39 is 0 Å². The summed E-state index contributed by atoms with van der Waals surface area (Å²) >= 11 is 0. The minimum atomic E-state index is -0.0339. The van der Waals surface area contributed by atoms with Crippen molar-refractivity contribution in [3.63, 3.8) is 0 Å². The van der Waals surface area contributed by atoms with Crippen molar-refractivity contribution < 1.29 is 9.53 Å². The summed E-state index contributed by atoms with van der Waals surface area (Å²) < 4.78 is 5.37. The first kappa shape index (κ1) is 19.5. The van der Waals surface area contributed by atoms with Crippen molar-refractivity contribution in [2.45, 2.75) is 33.2 Å². The fourth-order valence-corrected chi connectivity index (χ4v) is 3.41. The topological polar surface area (TPSA) is 54.5 Å². The second-order valence-corrected chi connectivity index (χ2v) is 7.18. The molecule has 0 radical (unpaired) electrons. The third kappa shape index (κ3) is 5.15.